The van der Waals surface area contributed by atoms with E-state index >= 15 is 0 Å². The average Bonchev–Trinajstić information content (AvgIpc) is 3.05. The summed E-state index contributed by atoms with van der Waals surface area (Å²) in [4.78, 5) is 19.8. The Morgan fingerprint density at radius 3 is 2.57 bits per heavy atom. The van der Waals surface area contributed by atoms with E-state index in [1.807, 2.05) is 13.8 Å². The zero-order chi connectivity index (χ0) is 20.7. The zero-order valence-electron chi connectivity index (χ0n) is 18.2. The molecule has 6 heteroatoms. The third-order valence-electron chi connectivity index (χ3n) is 7.24. The topological polar surface area (TPSA) is 52.8 Å². The van der Waals surface area contributed by atoms with Crippen molar-refractivity contribution in [2.24, 2.45) is 0 Å². The molecule has 0 radical (unpaired) electrons. The van der Waals surface area contributed by atoms with Crippen LogP contribution < -0.4 is 0 Å². The fraction of sp³-hybridized carbons (Fsp3) is 0.583. The van der Waals surface area contributed by atoms with Gasteiger partial charge >= 0.3 is 0 Å². The second kappa shape index (κ2) is 8.16. The Labute approximate surface area is 178 Å². The van der Waals surface area contributed by atoms with Crippen LogP contribution in [0.1, 0.15) is 41.8 Å². The molecule has 3 aliphatic rings. The molecule has 3 heterocycles. The van der Waals surface area contributed by atoms with Crippen molar-refractivity contribution in [3.8, 4) is 11.1 Å². The van der Waals surface area contributed by atoms with Gasteiger partial charge in [0.05, 0.1) is 12.2 Å². The normalized spacial score (nSPS) is 20.8. The predicted molar refractivity (Wildman–Crippen MR) is 116 cm³/mol. The summed E-state index contributed by atoms with van der Waals surface area (Å²) < 4.78 is 5.34. The molecule has 1 aliphatic carbocycles. The maximum absolute atomic E-state index is 12.9. The minimum atomic E-state index is 0.291. The highest BCUT2D eigenvalue weighted by Crippen LogP contribution is 2.30. The average molecular weight is 409 g/mol. The first kappa shape index (κ1) is 19.8. The Morgan fingerprint density at radius 1 is 1.10 bits per heavy atom. The molecule has 1 saturated heterocycles. The van der Waals surface area contributed by atoms with E-state index in [2.05, 4.69) is 38.1 Å². The first-order valence-corrected chi connectivity index (χ1v) is 11.4. The summed E-state index contributed by atoms with van der Waals surface area (Å²) >= 11 is 0. The van der Waals surface area contributed by atoms with E-state index in [0.717, 1.165) is 68.7 Å². The van der Waals surface area contributed by atoms with Crippen molar-refractivity contribution in [2.45, 2.75) is 52.1 Å². The van der Waals surface area contributed by atoms with Crippen LogP contribution in [0.25, 0.3) is 11.1 Å². The van der Waals surface area contributed by atoms with Crippen LogP contribution in [0.3, 0.4) is 0 Å². The van der Waals surface area contributed by atoms with Gasteiger partial charge < -0.3 is 9.42 Å². The molecule has 160 valence electrons. The van der Waals surface area contributed by atoms with Gasteiger partial charge in [0.2, 0.25) is 5.91 Å². The number of aryl methyl sites for hydroxylation is 2. The van der Waals surface area contributed by atoms with Crippen LogP contribution >= 0.6 is 0 Å². The molecule has 1 aromatic carbocycles. The Kier molecular flexibility index (Phi) is 5.37. The Morgan fingerprint density at radius 2 is 1.90 bits per heavy atom. The molecule has 2 aliphatic heterocycles. The summed E-state index contributed by atoms with van der Waals surface area (Å²) in [6, 6.07) is 7.44. The van der Waals surface area contributed by atoms with Gasteiger partial charge in [0, 0.05) is 50.9 Å². The number of hydrogen-bond acceptors (Lipinski definition) is 5. The fourth-order valence-electron chi connectivity index (χ4n) is 5.18. The maximum Gasteiger partial charge on any atom is 0.236 e. The van der Waals surface area contributed by atoms with Crippen molar-refractivity contribution >= 4 is 5.91 Å². The molecule has 2 aromatic rings. The molecule has 0 spiro atoms. The van der Waals surface area contributed by atoms with Crippen LogP contribution in [-0.4, -0.2) is 71.1 Å². The fourth-order valence-corrected chi connectivity index (χ4v) is 5.18. The first-order chi connectivity index (χ1) is 14.6. The molecular weight excluding hydrogens is 376 g/mol. The van der Waals surface area contributed by atoms with Crippen molar-refractivity contribution in [3.63, 3.8) is 0 Å². The number of amides is 1. The van der Waals surface area contributed by atoms with E-state index in [-0.39, 0.29) is 0 Å². The highest BCUT2D eigenvalue weighted by molar-refractivity contribution is 5.78. The van der Waals surface area contributed by atoms with Gasteiger partial charge in [-0.05, 0) is 49.8 Å². The van der Waals surface area contributed by atoms with E-state index in [4.69, 9.17) is 4.52 Å². The second-order valence-corrected chi connectivity index (χ2v) is 9.14. The molecule has 1 saturated carbocycles. The third-order valence-corrected chi connectivity index (χ3v) is 7.24. The predicted octanol–water partition coefficient (Wildman–Crippen LogP) is 3.01. The molecule has 0 N–H and O–H groups in total. The van der Waals surface area contributed by atoms with Gasteiger partial charge in [0.25, 0.3) is 0 Å². The molecule has 1 amide bonds. The Balaban J connectivity index is 1.18. The summed E-state index contributed by atoms with van der Waals surface area (Å²) in [5, 5.41) is 4.09. The summed E-state index contributed by atoms with van der Waals surface area (Å²) in [7, 11) is 0. The monoisotopic (exact) mass is 408 g/mol. The van der Waals surface area contributed by atoms with Crippen LogP contribution in [0.5, 0.6) is 0 Å². The number of hydrogen-bond donors (Lipinski definition) is 0. The van der Waals surface area contributed by atoms with Gasteiger partial charge in [-0.2, -0.15) is 0 Å². The highest BCUT2D eigenvalue weighted by Gasteiger charge is 2.30. The smallest absolute Gasteiger partial charge is 0.236 e. The number of nitrogens with zero attached hydrogens (tertiary/aromatic N) is 4. The van der Waals surface area contributed by atoms with Crippen LogP contribution in [0.2, 0.25) is 0 Å². The van der Waals surface area contributed by atoms with E-state index in [0.29, 0.717) is 12.5 Å². The van der Waals surface area contributed by atoms with E-state index < -0.39 is 0 Å². The SMILES string of the molecule is Cc1noc(C)c1-c1ccc2c(c1)CCN(CC(=O)N1CCN(C3CCC3)CC1)C2. The number of rotatable bonds is 4. The van der Waals surface area contributed by atoms with Gasteiger partial charge in [-0.15, -0.1) is 0 Å². The largest absolute Gasteiger partial charge is 0.361 e. The lowest BCUT2D eigenvalue weighted by Gasteiger charge is -2.43. The maximum atomic E-state index is 12.9. The molecule has 6 nitrogen and oxygen atoms in total. The summed E-state index contributed by atoms with van der Waals surface area (Å²) in [6.45, 7) is 10.2. The summed E-state index contributed by atoms with van der Waals surface area (Å²) in [5.41, 5.74) is 5.94. The minimum absolute atomic E-state index is 0.291. The number of aromatic nitrogens is 1. The minimum Gasteiger partial charge on any atom is -0.361 e. The van der Waals surface area contributed by atoms with E-state index in [1.54, 1.807) is 0 Å². The summed E-state index contributed by atoms with van der Waals surface area (Å²) in [5.74, 6) is 1.16. The van der Waals surface area contributed by atoms with Crippen molar-refractivity contribution in [1.29, 1.82) is 0 Å². The van der Waals surface area contributed by atoms with Crippen LogP contribution in [0, 0.1) is 13.8 Å². The molecular formula is C24H32N4O2. The van der Waals surface area contributed by atoms with Crippen molar-refractivity contribution in [1.82, 2.24) is 19.9 Å². The lowest BCUT2D eigenvalue weighted by molar-refractivity contribution is -0.135. The van der Waals surface area contributed by atoms with Gasteiger partial charge in [-0.3, -0.25) is 14.6 Å². The second-order valence-electron chi connectivity index (χ2n) is 9.14. The van der Waals surface area contributed by atoms with Crippen molar-refractivity contribution in [3.05, 3.63) is 40.8 Å². The van der Waals surface area contributed by atoms with Gasteiger partial charge in [-0.1, -0.05) is 29.8 Å². The van der Waals surface area contributed by atoms with Crippen LogP contribution in [-0.2, 0) is 17.8 Å². The first-order valence-electron chi connectivity index (χ1n) is 11.4. The molecule has 0 bridgehead atoms. The lowest BCUT2D eigenvalue weighted by atomic mass is 9.91. The summed E-state index contributed by atoms with van der Waals surface area (Å²) in [6.07, 6.45) is 5.05. The number of piperazine rings is 1. The quantitative estimate of drug-likeness (QED) is 0.778. The van der Waals surface area contributed by atoms with E-state index in [9.17, 15) is 4.79 Å². The van der Waals surface area contributed by atoms with Gasteiger partial charge in [-0.25, -0.2) is 0 Å². The number of carbonyl (C=O) groups is 1. The third kappa shape index (κ3) is 3.79. The lowest BCUT2D eigenvalue weighted by Crippen LogP contribution is -2.55. The number of benzene rings is 1. The molecule has 5 rings (SSSR count). The Bertz CT molecular complexity index is 906. The number of carbonyl (C=O) groups excluding carboxylic acids is 1. The molecule has 2 fully saturated rings. The molecule has 0 unspecified atom stereocenters. The Hall–Kier alpha value is -2.18. The highest BCUT2D eigenvalue weighted by atomic mass is 16.5. The van der Waals surface area contributed by atoms with Gasteiger partial charge in [0.15, 0.2) is 0 Å². The van der Waals surface area contributed by atoms with Crippen LogP contribution in [0.15, 0.2) is 22.7 Å². The molecule has 1 aromatic heterocycles. The molecule has 30 heavy (non-hydrogen) atoms. The van der Waals surface area contributed by atoms with Crippen molar-refractivity contribution < 1.29 is 9.32 Å². The molecule has 0 atom stereocenters. The van der Waals surface area contributed by atoms with Crippen molar-refractivity contribution in [2.75, 3.05) is 39.3 Å². The number of fused-ring (bicyclic) bond motifs is 1. The standard InChI is InChI=1S/C24H32N4O2/c1-17-24(18(2)30-25-17)20-6-7-21-15-26(9-8-19(21)14-20)16-23(29)28-12-10-27(11-13-28)22-4-3-5-22/h6-7,14,22H,3-5,8-13,15-16H2,1-2H3. The van der Waals surface area contributed by atoms with Crippen LogP contribution in [0.4, 0.5) is 0 Å². The van der Waals surface area contributed by atoms with Gasteiger partial charge in [0.1, 0.15) is 5.76 Å². The van der Waals surface area contributed by atoms with E-state index in [1.165, 1.54) is 36.0 Å². The zero-order valence-corrected chi connectivity index (χ0v) is 18.2.